The molecule has 0 bridgehead atoms. The molecule has 1 amide bonds. The van der Waals surface area contributed by atoms with Gasteiger partial charge in [0.15, 0.2) is 0 Å². The van der Waals surface area contributed by atoms with Crippen LogP contribution in [0.3, 0.4) is 0 Å². The van der Waals surface area contributed by atoms with E-state index in [2.05, 4.69) is 20.8 Å². The molecule has 1 atom stereocenters. The van der Waals surface area contributed by atoms with E-state index in [0.717, 1.165) is 13.0 Å². The van der Waals surface area contributed by atoms with Gasteiger partial charge in [0, 0.05) is 12.1 Å². The molecule has 4 nitrogen and oxygen atoms in total. The third-order valence-electron chi connectivity index (χ3n) is 3.96. The third kappa shape index (κ3) is 2.84. The monoisotopic (exact) mass is 275 g/mol. The van der Waals surface area contributed by atoms with E-state index in [9.17, 15) is 9.59 Å². The molecule has 2 rings (SSSR count). The van der Waals surface area contributed by atoms with Crippen LogP contribution in [-0.2, 0) is 11.2 Å². The Morgan fingerprint density at radius 2 is 2.00 bits per heavy atom. The van der Waals surface area contributed by atoms with Gasteiger partial charge < -0.3 is 10.0 Å². The number of carbonyl (C=O) groups excluding carboxylic acids is 1. The lowest BCUT2D eigenvalue weighted by Gasteiger charge is -2.31. The number of carboxylic acid groups (broad SMARTS) is 1. The maximum Gasteiger partial charge on any atom is 0.335 e. The first-order valence-corrected chi connectivity index (χ1v) is 6.93. The quantitative estimate of drug-likeness (QED) is 0.922. The maximum absolute atomic E-state index is 12.5. The zero-order valence-corrected chi connectivity index (χ0v) is 12.2. The summed E-state index contributed by atoms with van der Waals surface area (Å²) in [6, 6.07) is 6.71. The van der Waals surface area contributed by atoms with Gasteiger partial charge in [-0.3, -0.25) is 4.79 Å². The molecule has 1 aliphatic rings. The molecule has 20 heavy (non-hydrogen) atoms. The van der Waals surface area contributed by atoms with Crippen LogP contribution in [0, 0.1) is 5.92 Å². The number of aromatic carboxylic acids is 1. The fourth-order valence-electron chi connectivity index (χ4n) is 3.17. The molecule has 1 aromatic rings. The van der Waals surface area contributed by atoms with E-state index < -0.39 is 5.97 Å². The molecule has 1 heterocycles. The first-order chi connectivity index (χ1) is 9.31. The summed E-state index contributed by atoms with van der Waals surface area (Å²) in [4.78, 5) is 25.5. The van der Waals surface area contributed by atoms with E-state index in [1.165, 1.54) is 0 Å². The predicted octanol–water partition coefficient (Wildman–Crippen LogP) is 2.57. The standard InChI is InChI=1S/C16H21NO3/c1-11-9-16(2,3)17(10-11)14(18)8-12-6-4-5-7-13(12)15(19)20/h4-7,11H,8-10H2,1-3H3,(H,19,20). The summed E-state index contributed by atoms with van der Waals surface area (Å²) in [7, 11) is 0. The van der Waals surface area contributed by atoms with Crippen LogP contribution in [-0.4, -0.2) is 34.0 Å². The minimum Gasteiger partial charge on any atom is -0.478 e. The van der Waals surface area contributed by atoms with E-state index in [1.807, 2.05) is 4.90 Å². The molecule has 1 fully saturated rings. The summed E-state index contributed by atoms with van der Waals surface area (Å²) < 4.78 is 0. The summed E-state index contributed by atoms with van der Waals surface area (Å²) in [5.74, 6) is -0.487. The Balaban J connectivity index is 2.19. The van der Waals surface area contributed by atoms with Crippen LogP contribution in [0.25, 0.3) is 0 Å². The van der Waals surface area contributed by atoms with Gasteiger partial charge in [0.2, 0.25) is 5.91 Å². The number of carboxylic acids is 1. The van der Waals surface area contributed by atoms with E-state index in [-0.39, 0.29) is 23.4 Å². The topological polar surface area (TPSA) is 57.6 Å². The molecular weight excluding hydrogens is 254 g/mol. The zero-order chi connectivity index (χ0) is 14.9. The van der Waals surface area contributed by atoms with Gasteiger partial charge in [0.1, 0.15) is 0 Å². The minimum atomic E-state index is -0.984. The number of rotatable bonds is 3. The second kappa shape index (κ2) is 5.27. The van der Waals surface area contributed by atoms with Crippen LogP contribution in [0.4, 0.5) is 0 Å². The van der Waals surface area contributed by atoms with Crippen LogP contribution in [0.2, 0.25) is 0 Å². The predicted molar refractivity (Wildman–Crippen MR) is 76.7 cm³/mol. The van der Waals surface area contributed by atoms with Gasteiger partial charge in [-0.25, -0.2) is 4.79 Å². The number of likely N-dealkylation sites (tertiary alicyclic amines) is 1. The van der Waals surface area contributed by atoms with Crippen LogP contribution < -0.4 is 0 Å². The van der Waals surface area contributed by atoms with Crippen molar-refractivity contribution >= 4 is 11.9 Å². The molecule has 108 valence electrons. The normalized spacial score (nSPS) is 20.9. The Morgan fingerprint density at radius 1 is 1.35 bits per heavy atom. The van der Waals surface area contributed by atoms with Crippen molar-refractivity contribution in [1.82, 2.24) is 4.90 Å². The third-order valence-corrected chi connectivity index (χ3v) is 3.96. The summed E-state index contributed by atoms with van der Waals surface area (Å²) in [5, 5.41) is 9.16. The molecule has 0 spiro atoms. The highest BCUT2D eigenvalue weighted by molar-refractivity contribution is 5.91. The van der Waals surface area contributed by atoms with Crippen LogP contribution in [0.15, 0.2) is 24.3 Å². The van der Waals surface area contributed by atoms with E-state index in [4.69, 9.17) is 5.11 Å². The van der Waals surface area contributed by atoms with Gasteiger partial charge in [0.25, 0.3) is 0 Å². The molecule has 1 aromatic carbocycles. The first-order valence-electron chi connectivity index (χ1n) is 6.93. The van der Waals surface area contributed by atoms with Gasteiger partial charge in [-0.15, -0.1) is 0 Å². The van der Waals surface area contributed by atoms with Crippen LogP contribution >= 0.6 is 0 Å². The first kappa shape index (κ1) is 14.6. The molecule has 4 heteroatoms. The summed E-state index contributed by atoms with van der Waals surface area (Å²) in [5.41, 5.74) is 0.653. The average Bonchev–Trinajstić information content (AvgIpc) is 2.63. The maximum atomic E-state index is 12.5. The Hall–Kier alpha value is -1.84. The SMILES string of the molecule is CC1CN(C(=O)Cc2ccccc2C(=O)O)C(C)(C)C1. The number of amides is 1. The van der Waals surface area contributed by atoms with Crippen molar-refractivity contribution in [1.29, 1.82) is 0 Å². The fraction of sp³-hybridized carbons (Fsp3) is 0.500. The van der Waals surface area contributed by atoms with E-state index in [1.54, 1.807) is 24.3 Å². The number of hydrogen-bond acceptors (Lipinski definition) is 2. The van der Waals surface area contributed by atoms with Gasteiger partial charge in [-0.2, -0.15) is 0 Å². The molecule has 0 saturated carbocycles. The van der Waals surface area contributed by atoms with Crippen LogP contribution in [0.1, 0.15) is 43.1 Å². The lowest BCUT2D eigenvalue weighted by Crippen LogP contribution is -2.43. The van der Waals surface area contributed by atoms with Crippen molar-refractivity contribution in [3.05, 3.63) is 35.4 Å². The van der Waals surface area contributed by atoms with E-state index >= 15 is 0 Å². The van der Waals surface area contributed by atoms with Crippen molar-refractivity contribution in [3.63, 3.8) is 0 Å². The highest BCUT2D eigenvalue weighted by Gasteiger charge is 2.39. The molecule has 1 aliphatic heterocycles. The molecule has 0 aromatic heterocycles. The molecule has 1 saturated heterocycles. The number of benzene rings is 1. The highest BCUT2D eigenvalue weighted by atomic mass is 16.4. The fourth-order valence-corrected chi connectivity index (χ4v) is 3.17. The summed E-state index contributed by atoms with van der Waals surface area (Å²) >= 11 is 0. The van der Waals surface area contributed by atoms with Crippen molar-refractivity contribution < 1.29 is 14.7 Å². The number of nitrogens with zero attached hydrogens (tertiary/aromatic N) is 1. The molecule has 1 unspecified atom stereocenters. The Morgan fingerprint density at radius 3 is 2.55 bits per heavy atom. The van der Waals surface area contributed by atoms with Crippen molar-refractivity contribution in [2.24, 2.45) is 5.92 Å². The van der Waals surface area contributed by atoms with E-state index in [0.29, 0.717) is 11.5 Å². The van der Waals surface area contributed by atoms with Gasteiger partial charge in [0.05, 0.1) is 12.0 Å². The largest absolute Gasteiger partial charge is 0.478 e. The van der Waals surface area contributed by atoms with Crippen molar-refractivity contribution in [2.45, 2.75) is 39.2 Å². The highest BCUT2D eigenvalue weighted by Crippen LogP contribution is 2.32. The molecule has 0 aliphatic carbocycles. The zero-order valence-electron chi connectivity index (χ0n) is 12.2. The Kier molecular flexibility index (Phi) is 3.84. The molecule has 1 N–H and O–H groups in total. The Bertz CT molecular complexity index is 536. The smallest absolute Gasteiger partial charge is 0.335 e. The number of hydrogen-bond donors (Lipinski definition) is 1. The van der Waals surface area contributed by atoms with Crippen molar-refractivity contribution in [3.8, 4) is 0 Å². The second-order valence-electron chi connectivity index (χ2n) is 6.27. The Labute approximate surface area is 119 Å². The van der Waals surface area contributed by atoms with Crippen LogP contribution in [0.5, 0.6) is 0 Å². The van der Waals surface area contributed by atoms with Gasteiger partial charge >= 0.3 is 5.97 Å². The lowest BCUT2D eigenvalue weighted by atomic mass is 9.97. The van der Waals surface area contributed by atoms with Crippen molar-refractivity contribution in [2.75, 3.05) is 6.54 Å². The second-order valence-corrected chi connectivity index (χ2v) is 6.27. The van der Waals surface area contributed by atoms with Gasteiger partial charge in [-0.1, -0.05) is 25.1 Å². The van der Waals surface area contributed by atoms with Gasteiger partial charge in [-0.05, 0) is 37.8 Å². The minimum absolute atomic E-state index is 0.00745. The average molecular weight is 275 g/mol. The summed E-state index contributed by atoms with van der Waals surface area (Å²) in [6.07, 6.45) is 1.14. The lowest BCUT2D eigenvalue weighted by molar-refractivity contribution is -0.133. The molecule has 0 radical (unpaired) electrons. The summed E-state index contributed by atoms with van der Waals surface area (Å²) in [6.45, 7) is 7.02. The number of carbonyl (C=O) groups is 2. The molecular formula is C16H21NO3.